The molecule has 4 heteroatoms. The van der Waals surface area contributed by atoms with E-state index >= 15 is 0 Å². The predicted octanol–water partition coefficient (Wildman–Crippen LogP) is -1.29. The number of aliphatic hydroxyl groups excluding tert-OH is 1. The van der Waals surface area contributed by atoms with Crippen LogP contribution in [-0.4, -0.2) is 22.2 Å². The molecule has 4 nitrogen and oxygen atoms in total. The molecule has 0 amide bonds. The van der Waals surface area contributed by atoms with Gasteiger partial charge in [-0.15, -0.1) is 0 Å². The van der Waals surface area contributed by atoms with E-state index in [1.807, 2.05) is 0 Å². The van der Waals surface area contributed by atoms with Crippen molar-refractivity contribution in [2.24, 2.45) is 11.5 Å². The van der Waals surface area contributed by atoms with Crippen molar-refractivity contribution in [1.29, 1.82) is 0 Å². The zero-order valence-corrected chi connectivity index (χ0v) is 5.54. The van der Waals surface area contributed by atoms with Crippen LogP contribution in [0, 0.1) is 0 Å². The molecule has 0 aliphatic carbocycles. The number of aliphatic hydroxyl groups is 2. The Morgan fingerprint density at radius 3 is 2.00 bits per heavy atom. The third-order valence-electron chi connectivity index (χ3n) is 0.941. The lowest BCUT2D eigenvalue weighted by atomic mass is 10.1. The molecule has 0 aromatic heterocycles. The summed E-state index contributed by atoms with van der Waals surface area (Å²) in [5.74, 6) is 0. The summed E-state index contributed by atoms with van der Waals surface area (Å²) in [4.78, 5) is 0. The lowest BCUT2D eigenvalue weighted by Crippen LogP contribution is -2.46. The van der Waals surface area contributed by atoms with Crippen molar-refractivity contribution in [3.8, 4) is 0 Å². The summed E-state index contributed by atoms with van der Waals surface area (Å²) in [6, 6.07) is 0. The Morgan fingerprint density at radius 2 is 1.89 bits per heavy atom. The third-order valence-corrected chi connectivity index (χ3v) is 0.941. The molecular formula is C5H14N2O2. The normalized spacial score (nSPS) is 12.7. The summed E-state index contributed by atoms with van der Waals surface area (Å²) in [7, 11) is 0. The first-order chi connectivity index (χ1) is 3.92. The van der Waals surface area contributed by atoms with Crippen molar-refractivity contribution in [3.63, 3.8) is 0 Å². The van der Waals surface area contributed by atoms with E-state index in [1.54, 1.807) is 6.92 Å². The van der Waals surface area contributed by atoms with E-state index < -0.39 is 12.0 Å². The Balaban J connectivity index is 3.28. The van der Waals surface area contributed by atoms with Gasteiger partial charge in [-0.25, -0.2) is 0 Å². The maximum atomic E-state index is 8.36. The molecule has 0 heterocycles. The van der Waals surface area contributed by atoms with Gasteiger partial charge in [0.15, 0.2) is 6.29 Å². The van der Waals surface area contributed by atoms with Gasteiger partial charge in [0.2, 0.25) is 0 Å². The average Bonchev–Trinajstić information content (AvgIpc) is 1.59. The quantitative estimate of drug-likeness (QED) is 0.361. The van der Waals surface area contributed by atoms with Gasteiger partial charge >= 0.3 is 0 Å². The summed E-state index contributed by atoms with van der Waals surface area (Å²) in [6.07, 6.45) is -0.662. The van der Waals surface area contributed by atoms with Crippen LogP contribution in [0.25, 0.3) is 0 Å². The minimum atomic E-state index is -1.29. The van der Waals surface area contributed by atoms with E-state index in [0.29, 0.717) is 6.42 Å². The van der Waals surface area contributed by atoms with E-state index in [2.05, 4.69) is 0 Å². The zero-order valence-electron chi connectivity index (χ0n) is 5.54. The van der Waals surface area contributed by atoms with Gasteiger partial charge in [-0.2, -0.15) is 0 Å². The first-order valence-corrected chi connectivity index (χ1v) is 2.86. The molecule has 0 saturated heterocycles. The second kappa shape index (κ2) is 3.12. The van der Waals surface area contributed by atoms with Crippen molar-refractivity contribution in [2.45, 2.75) is 31.7 Å². The molecule has 56 valence electrons. The van der Waals surface area contributed by atoms with E-state index in [0.717, 1.165) is 0 Å². The molecule has 0 aliphatic heterocycles. The fourth-order valence-corrected chi connectivity index (χ4v) is 0.440. The highest BCUT2D eigenvalue weighted by molar-refractivity contribution is 4.69. The summed E-state index contributed by atoms with van der Waals surface area (Å²) in [5, 5.41) is 16.7. The summed E-state index contributed by atoms with van der Waals surface area (Å²) in [6.45, 7) is 1.63. The molecule has 0 unspecified atom stereocenters. The number of nitrogens with two attached hydrogens (primary N) is 2. The van der Waals surface area contributed by atoms with Crippen LogP contribution in [0.1, 0.15) is 19.8 Å². The second-order valence-electron chi connectivity index (χ2n) is 2.53. The molecule has 0 fully saturated rings. The monoisotopic (exact) mass is 134 g/mol. The van der Waals surface area contributed by atoms with Crippen molar-refractivity contribution in [2.75, 3.05) is 0 Å². The molecule has 0 aromatic carbocycles. The molecule has 0 bridgehead atoms. The van der Waals surface area contributed by atoms with Gasteiger partial charge < -0.3 is 21.7 Å². The van der Waals surface area contributed by atoms with Crippen molar-refractivity contribution >= 4 is 0 Å². The fraction of sp³-hybridized carbons (Fsp3) is 1.00. The van der Waals surface area contributed by atoms with Crippen LogP contribution in [0.5, 0.6) is 0 Å². The summed E-state index contributed by atoms with van der Waals surface area (Å²) >= 11 is 0. The molecule has 0 saturated carbocycles. The van der Waals surface area contributed by atoms with Gasteiger partial charge in [0.1, 0.15) is 0 Å². The molecular weight excluding hydrogens is 120 g/mol. The maximum absolute atomic E-state index is 8.36. The molecule has 0 radical (unpaired) electrons. The smallest absolute Gasteiger partial charge is 0.151 e. The van der Waals surface area contributed by atoms with Crippen molar-refractivity contribution < 1.29 is 10.2 Å². The van der Waals surface area contributed by atoms with Gasteiger partial charge in [-0.3, -0.25) is 0 Å². The Labute approximate surface area is 54.5 Å². The van der Waals surface area contributed by atoms with Gasteiger partial charge in [0, 0.05) is 6.42 Å². The third kappa shape index (κ3) is 7.84. The summed E-state index contributed by atoms with van der Waals surface area (Å²) < 4.78 is 0. The molecule has 0 aliphatic rings. The number of hydrogen-bond donors (Lipinski definition) is 4. The standard InChI is InChI=1S/C5H14N2O2/c1-5(6,7)3-2-4(8)9/h4,8-9H,2-3,6-7H2,1H3. The molecule has 0 atom stereocenters. The lowest BCUT2D eigenvalue weighted by Gasteiger charge is -2.18. The van der Waals surface area contributed by atoms with Crippen LogP contribution in [0.3, 0.4) is 0 Å². The van der Waals surface area contributed by atoms with Crippen LogP contribution in [0.15, 0.2) is 0 Å². The maximum Gasteiger partial charge on any atom is 0.151 e. The number of rotatable bonds is 3. The highest BCUT2D eigenvalue weighted by atomic mass is 16.5. The molecule has 0 rings (SSSR count). The van der Waals surface area contributed by atoms with Crippen molar-refractivity contribution in [3.05, 3.63) is 0 Å². The first-order valence-electron chi connectivity index (χ1n) is 2.86. The van der Waals surface area contributed by atoms with Gasteiger partial charge in [0.25, 0.3) is 0 Å². The Kier molecular flexibility index (Phi) is 3.07. The van der Waals surface area contributed by atoms with Crippen LogP contribution in [0.4, 0.5) is 0 Å². The highest BCUT2D eigenvalue weighted by Crippen LogP contribution is 2.02. The van der Waals surface area contributed by atoms with Crippen molar-refractivity contribution in [1.82, 2.24) is 0 Å². The van der Waals surface area contributed by atoms with Crippen LogP contribution >= 0.6 is 0 Å². The van der Waals surface area contributed by atoms with Gasteiger partial charge in [-0.05, 0) is 13.3 Å². The predicted molar refractivity (Wildman–Crippen MR) is 34.2 cm³/mol. The Hall–Kier alpha value is -0.160. The first kappa shape index (κ1) is 8.84. The van der Waals surface area contributed by atoms with Crippen LogP contribution in [-0.2, 0) is 0 Å². The largest absolute Gasteiger partial charge is 0.368 e. The molecule has 0 aromatic rings. The second-order valence-corrected chi connectivity index (χ2v) is 2.53. The van der Waals surface area contributed by atoms with E-state index in [4.69, 9.17) is 21.7 Å². The lowest BCUT2D eigenvalue weighted by molar-refractivity contribution is -0.0493. The van der Waals surface area contributed by atoms with Gasteiger partial charge in [-0.1, -0.05) is 0 Å². The minimum Gasteiger partial charge on any atom is -0.368 e. The van der Waals surface area contributed by atoms with Crippen LogP contribution in [0.2, 0.25) is 0 Å². The molecule has 9 heavy (non-hydrogen) atoms. The molecule has 0 spiro atoms. The topological polar surface area (TPSA) is 92.5 Å². The van der Waals surface area contributed by atoms with E-state index in [-0.39, 0.29) is 6.42 Å². The minimum absolute atomic E-state index is 0.226. The van der Waals surface area contributed by atoms with E-state index in [9.17, 15) is 0 Å². The van der Waals surface area contributed by atoms with E-state index in [1.165, 1.54) is 0 Å². The van der Waals surface area contributed by atoms with Gasteiger partial charge in [0.05, 0.1) is 5.66 Å². The SMILES string of the molecule is CC(N)(N)CCC(O)O. The summed E-state index contributed by atoms with van der Waals surface area (Å²) in [5.41, 5.74) is 9.89. The molecule has 6 N–H and O–H groups in total. The fourth-order valence-electron chi connectivity index (χ4n) is 0.440. The zero-order chi connectivity index (χ0) is 7.49. The highest BCUT2D eigenvalue weighted by Gasteiger charge is 2.11. The Bertz CT molecular complexity index is 77.5. The average molecular weight is 134 g/mol. The van der Waals surface area contributed by atoms with Crippen LogP contribution < -0.4 is 11.5 Å². The Morgan fingerprint density at radius 1 is 1.44 bits per heavy atom. The number of hydrogen-bond acceptors (Lipinski definition) is 4.